The highest BCUT2D eigenvalue weighted by molar-refractivity contribution is 7.18. The molecule has 5 N–H and O–H groups in total. The minimum Gasteiger partial charge on any atom is -0.390 e. The van der Waals surface area contributed by atoms with Crippen molar-refractivity contribution in [1.82, 2.24) is 5.32 Å². The van der Waals surface area contributed by atoms with Gasteiger partial charge in [-0.15, -0.1) is 11.3 Å². The summed E-state index contributed by atoms with van der Waals surface area (Å²) in [6.07, 6.45) is 0. The van der Waals surface area contributed by atoms with E-state index in [1.54, 1.807) is 6.92 Å². The number of nitrogens with one attached hydrogen (secondary N) is 1. The van der Waals surface area contributed by atoms with Crippen LogP contribution in [0.1, 0.15) is 39.4 Å². The number of nitrogens with two attached hydrogens (primary N) is 2. The molecule has 0 unspecified atom stereocenters. The van der Waals surface area contributed by atoms with E-state index in [0.717, 1.165) is 11.3 Å². The van der Waals surface area contributed by atoms with Gasteiger partial charge >= 0.3 is 0 Å². The Morgan fingerprint density at radius 3 is 2.31 bits per heavy atom. The van der Waals surface area contributed by atoms with Gasteiger partial charge in [0.2, 0.25) is 0 Å². The number of primary amides is 1. The van der Waals surface area contributed by atoms with Gasteiger partial charge in [0.15, 0.2) is 0 Å². The van der Waals surface area contributed by atoms with Gasteiger partial charge in [0.25, 0.3) is 11.8 Å². The first-order valence-electron chi connectivity index (χ1n) is 4.84. The van der Waals surface area contributed by atoms with Crippen molar-refractivity contribution in [3.8, 4) is 0 Å². The highest BCUT2D eigenvalue weighted by Crippen LogP contribution is 2.29. The highest BCUT2D eigenvalue weighted by atomic mass is 32.1. The van der Waals surface area contributed by atoms with Crippen LogP contribution in [-0.2, 0) is 0 Å². The zero-order valence-electron chi connectivity index (χ0n) is 9.46. The van der Waals surface area contributed by atoms with Crippen molar-refractivity contribution in [2.75, 3.05) is 5.73 Å². The Hall–Kier alpha value is -1.56. The number of hydrogen-bond acceptors (Lipinski definition) is 4. The molecular weight excluding hydrogens is 226 g/mol. The summed E-state index contributed by atoms with van der Waals surface area (Å²) in [7, 11) is 0. The molecule has 0 radical (unpaired) electrons. The van der Waals surface area contributed by atoms with E-state index in [1.165, 1.54) is 0 Å². The average molecular weight is 241 g/mol. The number of carbonyl (C=O) groups is 2. The van der Waals surface area contributed by atoms with Gasteiger partial charge in [0.1, 0.15) is 0 Å². The second kappa shape index (κ2) is 4.52. The van der Waals surface area contributed by atoms with Crippen LogP contribution in [0.4, 0.5) is 5.00 Å². The molecular formula is C10H15N3O2S. The predicted molar refractivity (Wildman–Crippen MR) is 64.6 cm³/mol. The smallest absolute Gasteiger partial charge is 0.259 e. The molecule has 0 aliphatic carbocycles. The van der Waals surface area contributed by atoms with Gasteiger partial charge in [-0.1, -0.05) is 0 Å². The molecule has 88 valence electrons. The fraction of sp³-hybridized carbons (Fsp3) is 0.400. The maximum Gasteiger partial charge on any atom is 0.259 e. The molecule has 0 saturated heterocycles. The molecule has 6 heteroatoms. The van der Waals surface area contributed by atoms with Gasteiger partial charge in [-0.3, -0.25) is 9.59 Å². The number of rotatable bonds is 3. The summed E-state index contributed by atoms with van der Waals surface area (Å²) in [5, 5.41) is 3.05. The molecule has 0 atom stereocenters. The Morgan fingerprint density at radius 2 is 1.94 bits per heavy atom. The molecule has 0 bridgehead atoms. The van der Waals surface area contributed by atoms with Crippen LogP contribution < -0.4 is 16.8 Å². The first-order valence-corrected chi connectivity index (χ1v) is 5.65. The van der Waals surface area contributed by atoms with E-state index in [2.05, 4.69) is 5.32 Å². The summed E-state index contributed by atoms with van der Waals surface area (Å²) >= 11 is 1.05. The Morgan fingerprint density at radius 1 is 1.38 bits per heavy atom. The van der Waals surface area contributed by atoms with E-state index >= 15 is 0 Å². The topological polar surface area (TPSA) is 98.2 Å². The number of nitrogen functional groups attached to an aromatic ring is 1. The quantitative estimate of drug-likeness (QED) is 0.732. The second-order valence-electron chi connectivity index (χ2n) is 3.79. The summed E-state index contributed by atoms with van der Waals surface area (Å²) in [4.78, 5) is 23.2. The summed E-state index contributed by atoms with van der Waals surface area (Å²) in [5.74, 6) is -0.827. The molecule has 1 aromatic heterocycles. The standard InChI is InChI=1S/C10H15N3O2S/c1-4(2)13-10(15)6-5(3)7(8(11)14)16-9(6)12/h4H,12H2,1-3H3,(H2,11,14)(H,13,15). The Kier molecular flexibility index (Phi) is 3.54. The monoisotopic (exact) mass is 241 g/mol. The zero-order valence-corrected chi connectivity index (χ0v) is 10.3. The molecule has 0 saturated carbocycles. The van der Waals surface area contributed by atoms with Crippen LogP contribution in [-0.4, -0.2) is 17.9 Å². The molecule has 0 aliphatic heterocycles. The van der Waals surface area contributed by atoms with Crippen molar-refractivity contribution < 1.29 is 9.59 Å². The summed E-state index contributed by atoms with van der Waals surface area (Å²) in [5.41, 5.74) is 11.8. The lowest BCUT2D eigenvalue weighted by Gasteiger charge is -2.08. The maximum absolute atomic E-state index is 11.8. The highest BCUT2D eigenvalue weighted by Gasteiger charge is 2.22. The van der Waals surface area contributed by atoms with E-state index in [-0.39, 0.29) is 11.9 Å². The fourth-order valence-electron chi connectivity index (χ4n) is 1.39. The lowest BCUT2D eigenvalue weighted by molar-refractivity contribution is 0.0943. The van der Waals surface area contributed by atoms with Gasteiger partial charge in [-0.25, -0.2) is 0 Å². The molecule has 16 heavy (non-hydrogen) atoms. The van der Waals surface area contributed by atoms with Crippen LogP contribution in [0.3, 0.4) is 0 Å². The molecule has 0 aliphatic rings. The third-order valence-electron chi connectivity index (χ3n) is 2.04. The third kappa shape index (κ3) is 2.33. The minimum absolute atomic E-state index is 0.0169. The van der Waals surface area contributed by atoms with Gasteiger partial charge in [-0.2, -0.15) is 0 Å². The van der Waals surface area contributed by atoms with Gasteiger partial charge in [0.05, 0.1) is 15.4 Å². The van der Waals surface area contributed by atoms with Gasteiger partial charge in [0, 0.05) is 6.04 Å². The lowest BCUT2D eigenvalue weighted by Crippen LogP contribution is -2.30. The number of amides is 2. The normalized spacial score (nSPS) is 10.5. The Labute approximate surface area is 97.8 Å². The van der Waals surface area contributed by atoms with Crippen molar-refractivity contribution in [3.63, 3.8) is 0 Å². The zero-order chi connectivity index (χ0) is 12.5. The van der Waals surface area contributed by atoms with Crippen molar-refractivity contribution in [3.05, 3.63) is 16.0 Å². The van der Waals surface area contributed by atoms with E-state index in [9.17, 15) is 9.59 Å². The minimum atomic E-state index is -0.558. The predicted octanol–water partition coefficient (Wildman–Crippen LogP) is 0.876. The van der Waals surface area contributed by atoms with Crippen LogP contribution in [0.25, 0.3) is 0 Å². The fourth-order valence-corrected chi connectivity index (χ4v) is 2.31. The number of anilines is 1. The van der Waals surface area contributed by atoms with Crippen LogP contribution in [0.15, 0.2) is 0 Å². The van der Waals surface area contributed by atoms with Crippen LogP contribution >= 0.6 is 11.3 Å². The van der Waals surface area contributed by atoms with E-state index in [0.29, 0.717) is 21.0 Å². The molecule has 2 amide bonds. The van der Waals surface area contributed by atoms with Crippen LogP contribution in [0, 0.1) is 6.92 Å². The first kappa shape index (κ1) is 12.5. The molecule has 0 spiro atoms. The third-order valence-corrected chi connectivity index (χ3v) is 3.18. The summed E-state index contributed by atoms with van der Waals surface area (Å²) in [6, 6.07) is 0.0169. The first-order chi connectivity index (χ1) is 7.34. The number of carbonyl (C=O) groups excluding carboxylic acids is 2. The Balaban J connectivity index is 3.14. The van der Waals surface area contributed by atoms with Crippen LogP contribution in [0.5, 0.6) is 0 Å². The maximum atomic E-state index is 11.8. The van der Waals surface area contributed by atoms with E-state index in [4.69, 9.17) is 11.5 Å². The lowest BCUT2D eigenvalue weighted by atomic mass is 10.1. The van der Waals surface area contributed by atoms with Gasteiger partial charge < -0.3 is 16.8 Å². The molecule has 5 nitrogen and oxygen atoms in total. The average Bonchev–Trinajstić information content (AvgIpc) is 2.40. The van der Waals surface area contributed by atoms with E-state index < -0.39 is 5.91 Å². The Bertz CT molecular complexity index is 438. The van der Waals surface area contributed by atoms with E-state index in [1.807, 2.05) is 13.8 Å². The number of thiophene rings is 1. The van der Waals surface area contributed by atoms with Crippen molar-refractivity contribution in [1.29, 1.82) is 0 Å². The SMILES string of the molecule is Cc1c(C(N)=O)sc(N)c1C(=O)NC(C)C. The van der Waals surface area contributed by atoms with Crippen LogP contribution in [0.2, 0.25) is 0 Å². The molecule has 1 heterocycles. The largest absolute Gasteiger partial charge is 0.390 e. The molecule has 1 rings (SSSR count). The second-order valence-corrected chi connectivity index (χ2v) is 4.84. The summed E-state index contributed by atoms with van der Waals surface area (Å²) < 4.78 is 0. The summed E-state index contributed by atoms with van der Waals surface area (Å²) in [6.45, 7) is 5.37. The van der Waals surface area contributed by atoms with Crippen molar-refractivity contribution in [2.45, 2.75) is 26.8 Å². The van der Waals surface area contributed by atoms with Crippen molar-refractivity contribution >= 4 is 28.2 Å². The molecule has 1 aromatic rings. The molecule has 0 aromatic carbocycles. The molecule has 0 fully saturated rings. The van der Waals surface area contributed by atoms with Gasteiger partial charge in [-0.05, 0) is 26.3 Å². The number of hydrogen-bond donors (Lipinski definition) is 3. The van der Waals surface area contributed by atoms with Crippen molar-refractivity contribution in [2.24, 2.45) is 5.73 Å².